The molecule has 0 aliphatic rings. The van der Waals surface area contributed by atoms with E-state index in [1.165, 1.54) is 23.1 Å². The highest BCUT2D eigenvalue weighted by Gasteiger charge is 2.16. The van der Waals surface area contributed by atoms with Crippen molar-refractivity contribution in [3.8, 4) is 11.3 Å². The minimum Gasteiger partial charge on any atom is -0.343 e. The van der Waals surface area contributed by atoms with Gasteiger partial charge in [0.15, 0.2) is 5.16 Å². The van der Waals surface area contributed by atoms with E-state index in [2.05, 4.69) is 10.2 Å². The van der Waals surface area contributed by atoms with Crippen molar-refractivity contribution in [3.05, 3.63) is 34.7 Å². The van der Waals surface area contributed by atoms with Crippen LogP contribution in [0.2, 0.25) is 5.02 Å². The molecule has 0 radical (unpaired) electrons. The van der Waals surface area contributed by atoms with Crippen LogP contribution in [-0.4, -0.2) is 44.2 Å². The number of hydrogen-bond acceptors (Lipinski definition) is 5. The van der Waals surface area contributed by atoms with Crippen molar-refractivity contribution in [2.24, 2.45) is 0 Å². The molecular formula is C16H17ClN4OS2. The van der Waals surface area contributed by atoms with E-state index in [4.69, 9.17) is 11.6 Å². The lowest BCUT2D eigenvalue weighted by Crippen LogP contribution is -2.31. The van der Waals surface area contributed by atoms with Crippen molar-refractivity contribution in [2.75, 3.05) is 18.8 Å². The van der Waals surface area contributed by atoms with Crippen LogP contribution in [0.15, 0.2) is 34.8 Å². The van der Waals surface area contributed by atoms with Crippen molar-refractivity contribution in [2.45, 2.75) is 19.0 Å². The third kappa shape index (κ3) is 3.43. The molecule has 3 aromatic rings. The molecule has 0 fully saturated rings. The molecular weight excluding hydrogens is 364 g/mol. The van der Waals surface area contributed by atoms with Crippen LogP contribution in [0, 0.1) is 0 Å². The number of thiazole rings is 1. The molecule has 126 valence electrons. The Bertz CT molecular complexity index is 840. The first-order valence-corrected chi connectivity index (χ1v) is 9.87. The summed E-state index contributed by atoms with van der Waals surface area (Å²) in [5, 5.41) is 11.9. The largest absolute Gasteiger partial charge is 0.343 e. The summed E-state index contributed by atoms with van der Waals surface area (Å²) in [6.07, 6.45) is 0. The second-order valence-corrected chi connectivity index (χ2v) is 7.30. The number of thioether (sulfide) groups is 1. The Morgan fingerprint density at radius 3 is 2.62 bits per heavy atom. The van der Waals surface area contributed by atoms with E-state index in [-0.39, 0.29) is 5.91 Å². The van der Waals surface area contributed by atoms with Gasteiger partial charge in [-0.15, -0.1) is 21.5 Å². The van der Waals surface area contributed by atoms with Gasteiger partial charge in [-0.1, -0.05) is 35.5 Å². The van der Waals surface area contributed by atoms with Crippen LogP contribution < -0.4 is 0 Å². The van der Waals surface area contributed by atoms with Gasteiger partial charge in [-0.25, -0.2) is 0 Å². The fourth-order valence-electron chi connectivity index (χ4n) is 2.41. The van der Waals surface area contributed by atoms with Crippen molar-refractivity contribution in [3.63, 3.8) is 0 Å². The molecule has 3 rings (SSSR count). The Hall–Kier alpha value is -1.57. The highest BCUT2D eigenvalue weighted by molar-refractivity contribution is 7.99. The monoisotopic (exact) mass is 380 g/mol. The average Bonchev–Trinajstić information content (AvgIpc) is 3.17. The topological polar surface area (TPSA) is 50.5 Å². The summed E-state index contributed by atoms with van der Waals surface area (Å²) in [6.45, 7) is 5.41. The Morgan fingerprint density at radius 2 is 1.96 bits per heavy atom. The number of nitrogens with zero attached hydrogens (tertiary/aromatic N) is 4. The molecule has 0 unspecified atom stereocenters. The fraction of sp³-hybridized carbons (Fsp3) is 0.312. The first-order chi connectivity index (χ1) is 11.6. The van der Waals surface area contributed by atoms with Gasteiger partial charge in [0.25, 0.3) is 0 Å². The van der Waals surface area contributed by atoms with E-state index in [1.807, 2.05) is 52.8 Å². The number of hydrogen-bond donors (Lipinski definition) is 0. The Labute approximate surface area is 153 Å². The van der Waals surface area contributed by atoms with E-state index in [0.717, 1.165) is 34.5 Å². The van der Waals surface area contributed by atoms with Gasteiger partial charge in [0, 0.05) is 23.5 Å². The molecule has 0 bridgehead atoms. The molecule has 2 aromatic heterocycles. The van der Waals surface area contributed by atoms with Crippen LogP contribution in [0.1, 0.15) is 13.8 Å². The molecule has 1 aromatic carbocycles. The van der Waals surface area contributed by atoms with Crippen LogP contribution in [0.3, 0.4) is 0 Å². The number of benzene rings is 1. The zero-order chi connectivity index (χ0) is 17.1. The van der Waals surface area contributed by atoms with Gasteiger partial charge in [-0.05, 0) is 31.5 Å². The van der Waals surface area contributed by atoms with Crippen LogP contribution in [0.25, 0.3) is 16.2 Å². The van der Waals surface area contributed by atoms with Crippen LogP contribution in [0.4, 0.5) is 0 Å². The maximum Gasteiger partial charge on any atom is 0.233 e. The summed E-state index contributed by atoms with van der Waals surface area (Å²) in [5.74, 6) is 0.475. The van der Waals surface area contributed by atoms with Crippen LogP contribution in [-0.2, 0) is 4.79 Å². The number of rotatable bonds is 6. The van der Waals surface area contributed by atoms with Gasteiger partial charge >= 0.3 is 0 Å². The molecule has 24 heavy (non-hydrogen) atoms. The summed E-state index contributed by atoms with van der Waals surface area (Å²) >= 11 is 8.92. The lowest BCUT2D eigenvalue weighted by Gasteiger charge is -2.17. The van der Waals surface area contributed by atoms with Gasteiger partial charge in [0.2, 0.25) is 10.9 Å². The Kier molecular flexibility index (Phi) is 5.43. The highest BCUT2D eigenvalue weighted by atomic mass is 35.5. The quantitative estimate of drug-likeness (QED) is 0.605. The molecule has 8 heteroatoms. The van der Waals surface area contributed by atoms with E-state index in [9.17, 15) is 4.79 Å². The number of aromatic nitrogens is 3. The maximum absolute atomic E-state index is 12.2. The molecule has 0 spiro atoms. The third-order valence-corrected chi connectivity index (χ3v) is 5.68. The van der Waals surface area contributed by atoms with Crippen molar-refractivity contribution < 1.29 is 4.79 Å². The lowest BCUT2D eigenvalue weighted by atomic mass is 10.2. The number of fused-ring (bicyclic) bond motifs is 1. The normalized spacial score (nSPS) is 11.1. The number of carbonyl (C=O) groups is 1. The zero-order valence-corrected chi connectivity index (χ0v) is 15.8. The van der Waals surface area contributed by atoms with Gasteiger partial charge < -0.3 is 4.90 Å². The molecule has 5 nitrogen and oxygen atoms in total. The molecule has 1 amide bonds. The fourth-order valence-corrected chi connectivity index (χ4v) is 4.27. The first kappa shape index (κ1) is 17.3. The first-order valence-electron chi connectivity index (χ1n) is 7.63. The predicted octanol–water partition coefficient (Wildman–Crippen LogP) is 4.07. The minimum absolute atomic E-state index is 0.116. The SMILES string of the molecule is CCN(CC)C(=O)CSc1nnc2scc(-c3ccc(Cl)cc3)n12. The molecule has 2 heterocycles. The molecule has 0 aliphatic carbocycles. The van der Waals surface area contributed by atoms with E-state index >= 15 is 0 Å². The standard InChI is InChI=1S/C16H17ClN4OS2/c1-3-20(4-2)14(22)10-24-16-19-18-15-21(16)13(9-23-15)11-5-7-12(17)8-6-11/h5-9H,3-4,10H2,1-2H3. The van der Waals surface area contributed by atoms with Gasteiger partial charge in [-0.3, -0.25) is 9.20 Å². The summed E-state index contributed by atoms with van der Waals surface area (Å²) in [6, 6.07) is 7.67. The predicted molar refractivity (Wildman–Crippen MR) is 100.0 cm³/mol. The number of carbonyl (C=O) groups excluding carboxylic acids is 1. The number of halogens is 1. The van der Waals surface area contributed by atoms with Gasteiger partial charge in [-0.2, -0.15) is 0 Å². The van der Waals surface area contributed by atoms with Gasteiger partial charge in [0.1, 0.15) is 0 Å². The average molecular weight is 381 g/mol. The second-order valence-electron chi connectivity index (χ2n) is 5.08. The highest BCUT2D eigenvalue weighted by Crippen LogP contribution is 2.30. The smallest absolute Gasteiger partial charge is 0.233 e. The molecule has 0 aliphatic heterocycles. The van der Waals surface area contributed by atoms with E-state index in [0.29, 0.717) is 10.8 Å². The van der Waals surface area contributed by atoms with Crippen molar-refractivity contribution >= 4 is 45.6 Å². The van der Waals surface area contributed by atoms with Crippen molar-refractivity contribution in [1.82, 2.24) is 19.5 Å². The Morgan fingerprint density at radius 1 is 1.25 bits per heavy atom. The third-order valence-electron chi connectivity index (χ3n) is 3.70. The minimum atomic E-state index is 0.116. The molecule has 0 saturated heterocycles. The second kappa shape index (κ2) is 7.55. The summed E-state index contributed by atoms with van der Waals surface area (Å²) in [7, 11) is 0. The summed E-state index contributed by atoms with van der Waals surface area (Å²) < 4.78 is 1.99. The van der Waals surface area contributed by atoms with Crippen LogP contribution >= 0.6 is 34.7 Å². The van der Waals surface area contributed by atoms with E-state index in [1.54, 1.807) is 0 Å². The molecule has 0 N–H and O–H groups in total. The van der Waals surface area contributed by atoms with Crippen LogP contribution in [0.5, 0.6) is 0 Å². The maximum atomic E-state index is 12.2. The lowest BCUT2D eigenvalue weighted by molar-refractivity contribution is -0.127. The van der Waals surface area contributed by atoms with Gasteiger partial charge in [0.05, 0.1) is 11.4 Å². The molecule has 0 atom stereocenters. The van der Waals surface area contributed by atoms with E-state index < -0.39 is 0 Å². The zero-order valence-electron chi connectivity index (χ0n) is 13.4. The Balaban J connectivity index is 1.86. The molecule has 0 saturated carbocycles. The summed E-state index contributed by atoms with van der Waals surface area (Å²) in [5.41, 5.74) is 2.05. The number of amides is 1. The summed E-state index contributed by atoms with van der Waals surface area (Å²) in [4.78, 5) is 14.8. The van der Waals surface area contributed by atoms with Crippen molar-refractivity contribution in [1.29, 1.82) is 0 Å².